The van der Waals surface area contributed by atoms with Crippen LogP contribution >= 0.6 is 0 Å². The van der Waals surface area contributed by atoms with Gasteiger partial charge in [0, 0.05) is 12.3 Å². The van der Waals surface area contributed by atoms with Crippen LogP contribution in [-0.2, 0) is 0 Å². The number of pyridine rings is 1. The van der Waals surface area contributed by atoms with Gasteiger partial charge in [-0.1, -0.05) is 12.1 Å². The Hall–Kier alpha value is -2.56. The highest BCUT2D eigenvalue weighted by Crippen LogP contribution is 2.17. The summed E-state index contributed by atoms with van der Waals surface area (Å²) in [7, 11) is 0. The summed E-state index contributed by atoms with van der Waals surface area (Å²) < 4.78 is 5.38. The van der Waals surface area contributed by atoms with E-state index in [2.05, 4.69) is 10.3 Å². The summed E-state index contributed by atoms with van der Waals surface area (Å²) in [6, 6.07) is 10.3. The highest BCUT2D eigenvalue weighted by molar-refractivity contribution is 5.94. The van der Waals surface area contributed by atoms with Gasteiger partial charge in [0.2, 0.25) is 5.56 Å². The number of H-pyrrole nitrogens is 1. The van der Waals surface area contributed by atoms with Crippen molar-refractivity contribution < 1.29 is 9.53 Å². The van der Waals surface area contributed by atoms with Crippen LogP contribution in [0.1, 0.15) is 35.8 Å². The van der Waals surface area contributed by atoms with Crippen LogP contribution < -0.4 is 15.6 Å². The lowest BCUT2D eigenvalue weighted by Crippen LogP contribution is -2.27. The van der Waals surface area contributed by atoms with Crippen molar-refractivity contribution in [3.05, 3.63) is 64.1 Å². The first-order valence-corrected chi connectivity index (χ1v) is 6.82. The molecule has 0 saturated heterocycles. The number of ether oxygens (including phenoxy) is 1. The summed E-state index contributed by atoms with van der Waals surface area (Å²) >= 11 is 0. The smallest absolute Gasteiger partial charge is 0.253 e. The molecular formula is C16H18N2O3. The number of hydrogen-bond acceptors (Lipinski definition) is 3. The molecule has 0 radical (unpaired) electrons. The van der Waals surface area contributed by atoms with Crippen LogP contribution in [-0.4, -0.2) is 17.5 Å². The van der Waals surface area contributed by atoms with E-state index >= 15 is 0 Å². The molecule has 21 heavy (non-hydrogen) atoms. The van der Waals surface area contributed by atoms with Crippen LogP contribution in [0.4, 0.5) is 0 Å². The molecule has 0 unspecified atom stereocenters. The zero-order valence-corrected chi connectivity index (χ0v) is 12.1. The lowest BCUT2D eigenvalue weighted by Gasteiger charge is -2.15. The van der Waals surface area contributed by atoms with Crippen molar-refractivity contribution in [2.75, 3.05) is 6.61 Å². The summed E-state index contributed by atoms with van der Waals surface area (Å²) in [6.45, 7) is 4.46. The second-order valence-electron chi connectivity index (χ2n) is 4.64. The first kappa shape index (κ1) is 14.8. The Morgan fingerprint density at radius 1 is 1.24 bits per heavy atom. The first-order valence-electron chi connectivity index (χ1n) is 6.82. The van der Waals surface area contributed by atoms with Gasteiger partial charge in [-0.05, 0) is 37.6 Å². The highest BCUT2D eigenvalue weighted by atomic mass is 16.5. The van der Waals surface area contributed by atoms with Gasteiger partial charge in [-0.3, -0.25) is 9.59 Å². The molecule has 1 amide bonds. The minimum Gasteiger partial charge on any atom is -0.494 e. The molecule has 0 bridgehead atoms. The molecule has 0 spiro atoms. The first-order chi connectivity index (χ1) is 10.1. The molecule has 1 heterocycles. The van der Waals surface area contributed by atoms with Gasteiger partial charge < -0.3 is 15.0 Å². The number of rotatable bonds is 5. The van der Waals surface area contributed by atoms with Crippen LogP contribution in [0.2, 0.25) is 0 Å². The third-order valence-corrected chi connectivity index (χ3v) is 3.09. The van der Waals surface area contributed by atoms with E-state index in [0.717, 1.165) is 11.3 Å². The van der Waals surface area contributed by atoms with Crippen molar-refractivity contribution in [3.63, 3.8) is 0 Å². The lowest BCUT2D eigenvalue weighted by atomic mass is 10.1. The molecule has 1 atom stereocenters. The van der Waals surface area contributed by atoms with Gasteiger partial charge in [0.25, 0.3) is 5.91 Å². The Labute approximate surface area is 123 Å². The third kappa shape index (κ3) is 3.95. The monoisotopic (exact) mass is 286 g/mol. The summed E-state index contributed by atoms with van der Waals surface area (Å²) in [6.07, 6.45) is 1.41. The van der Waals surface area contributed by atoms with E-state index in [1.165, 1.54) is 18.3 Å². The van der Waals surface area contributed by atoms with Crippen molar-refractivity contribution in [1.82, 2.24) is 10.3 Å². The van der Waals surface area contributed by atoms with Gasteiger partial charge in [0.15, 0.2) is 0 Å². The van der Waals surface area contributed by atoms with Gasteiger partial charge in [-0.25, -0.2) is 0 Å². The van der Waals surface area contributed by atoms with E-state index in [4.69, 9.17) is 4.74 Å². The van der Waals surface area contributed by atoms with Gasteiger partial charge in [-0.15, -0.1) is 0 Å². The second-order valence-corrected chi connectivity index (χ2v) is 4.64. The Balaban J connectivity index is 2.03. The van der Waals surface area contributed by atoms with Gasteiger partial charge in [0.1, 0.15) is 5.75 Å². The number of aromatic nitrogens is 1. The average Bonchev–Trinajstić information content (AvgIpc) is 2.49. The zero-order valence-electron chi connectivity index (χ0n) is 12.1. The molecule has 1 aromatic carbocycles. The maximum atomic E-state index is 12.1. The summed E-state index contributed by atoms with van der Waals surface area (Å²) in [5.41, 5.74) is 1.18. The second kappa shape index (κ2) is 6.74. The molecule has 0 aliphatic carbocycles. The van der Waals surface area contributed by atoms with Crippen molar-refractivity contribution in [2.24, 2.45) is 0 Å². The third-order valence-electron chi connectivity index (χ3n) is 3.09. The topological polar surface area (TPSA) is 71.2 Å². The van der Waals surface area contributed by atoms with Crippen LogP contribution in [0, 0.1) is 0 Å². The number of carbonyl (C=O) groups excluding carboxylic acids is 1. The zero-order chi connectivity index (χ0) is 15.2. The Morgan fingerprint density at radius 3 is 2.52 bits per heavy atom. The molecule has 5 heteroatoms. The summed E-state index contributed by atoms with van der Waals surface area (Å²) in [5, 5.41) is 2.88. The SMILES string of the molecule is CCOc1ccc([C@@H](C)NC(=O)c2ccc(=O)[nH]c2)cc1. The normalized spacial score (nSPS) is 11.7. The van der Waals surface area contributed by atoms with Gasteiger partial charge in [0.05, 0.1) is 18.2 Å². The number of benzene rings is 1. The van der Waals surface area contributed by atoms with E-state index in [1.807, 2.05) is 38.1 Å². The number of aromatic amines is 1. The lowest BCUT2D eigenvalue weighted by molar-refractivity contribution is 0.0939. The predicted octanol–water partition coefficient (Wildman–Crippen LogP) is 2.26. The molecule has 2 aromatic rings. The maximum Gasteiger partial charge on any atom is 0.253 e. The Kier molecular flexibility index (Phi) is 4.77. The highest BCUT2D eigenvalue weighted by Gasteiger charge is 2.11. The molecule has 5 nitrogen and oxygen atoms in total. The van der Waals surface area contributed by atoms with Crippen molar-refractivity contribution in [2.45, 2.75) is 19.9 Å². The van der Waals surface area contributed by atoms with E-state index in [0.29, 0.717) is 12.2 Å². The van der Waals surface area contributed by atoms with Crippen molar-refractivity contribution >= 4 is 5.91 Å². The van der Waals surface area contributed by atoms with E-state index in [-0.39, 0.29) is 17.5 Å². The van der Waals surface area contributed by atoms with E-state index in [9.17, 15) is 9.59 Å². The number of carbonyl (C=O) groups is 1. The quantitative estimate of drug-likeness (QED) is 0.885. The fourth-order valence-electron chi connectivity index (χ4n) is 1.93. The summed E-state index contributed by atoms with van der Waals surface area (Å²) in [5.74, 6) is 0.577. The largest absolute Gasteiger partial charge is 0.494 e. The molecule has 0 aliphatic heterocycles. The van der Waals surface area contributed by atoms with Gasteiger partial charge >= 0.3 is 0 Å². The molecule has 2 N–H and O–H groups in total. The van der Waals surface area contributed by atoms with Crippen molar-refractivity contribution in [3.8, 4) is 5.75 Å². The molecule has 0 saturated carbocycles. The fraction of sp³-hybridized carbons (Fsp3) is 0.250. The van der Waals surface area contributed by atoms with Gasteiger partial charge in [-0.2, -0.15) is 0 Å². The standard InChI is InChI=1S/C16H18N2O3/c1-3-21-14-7-4-12(5-8-14)11(2)18-16(20)13-6-9-15(19)17-10-13/h4-11H,3H2,1-2H3,(H,17,19)(H,18,20)/t11-/m1/s1. The molecule has 110 valence electrons. The molecule has 0 aliphatic rings. The Bertz CT molecular complexity index is 641. The molecule has 0 fully saturated rings. The maximum absolute atomic E-state index is 12.1. The summed E-state index contributed by atoms with van der Waals surface area (Å²) in [4.78, 5) is 25.5. The van der Waals surface area contributed by atoms with Crippen molar-refractivity contribution in [1.29, 1.82) is 0 Å². The van der Waals surface area contributed by atoms with E-state index in [1.54, 1.807) is 0 Å². The average molecular weight is 286 g/mol. The van der Waals surface area contributed by atoms with Crippen LogP contribution in [0.3, 0.4) is 0 Å². The van der Waals surface area contributed by atoms with Crippen LogP contribution in [0.5, 0.6) is 5.75 Å². The minimum absolute atomic E-state index is 0.139. The number of hydrogen-bond donors (Lipinski definition) is 2. The molecule has 2 rings (SSSR count). The molecule has 1 aromatic heterocycles. The van der Waals surface area contributed by atoms with Crippen LogP contribution in [0.15, 0.2) is 47.4 Å². The van der Waals surface area contributed by atoms with Crippen LogP contribution in [0.25, 0.3) is 0 Å². The molecular weight excluding hydrogens is 268 g/mol. The Morgan fingerprint density at radius 2 is 1.95 bits per heavy atom. The number of amides is 1. The predicted molar refractivity (Wildman–Crippen MR) is 80.6 cm³/mol. The minimum atomic E-state index is -0.230. The fourth-order valence-corrected chi connectivity index (χ4v) is 1.93. The number of nitrogens with one attached hydrogen (secondary N) is 2. The van der Waals surface area contributed by atoms with E-state index < -0.39 is 0 Å².